The number of ether oxygens (including phenoxy) is 1. The van der Waals surface area contributed by atoms with E-state index < -0.39 is 0 Å². The molecule has 0 aromatic heterocycles. The van der Waals surface area contributed by atoms with Gasteiger partial charge in [-0.05, 0) is 51.1 Å². The lowest BCUT2D eigenvalue weighted by atomic mass is 9.76. The smallest absolute Gasteiger partial charge is 0.229 e. The van der Waals surface area contributed by atoms with E-state index in [0.717, 1.165) is 24.3 Å². The highest BCUT2D eigenvalue weighted by atomic mass is 16.7. The Morgan fingerprint density at radius 3 is 2.48 bits per heavy atom. The molecule has 21 heavy (non-hydrogen) atoms. The normalized spacial score (nSPS) is 37.1. The van der Waals surface area contributed by atoms with Gasteiger partial charge >= 0.3 is 0 Å². The van der Waals surface area contributed by atoms with Gasteiger partial charge in [-0.2, -0.15) is 0 Å². The fraction of sp³-hybridized carbons (Fsp3) is 0.941. The lowest BCUT2D eigenvalue weighted by Crippen LogP contribution is -2.47. The quantitative estimate of drug-likeness (QED) is 0.797. The second-order valence-electron chi connectivity index (χ2n) is 7.63. The number of hydrogen-bond donors (Lipinski definition) is 0. The molecule has 4 nitrogen and oxygen atoms in total. The van der Waals surface area contributed by atoms with E-state index in [1.165, 1.54) is 19.3 Å². The van der Waals surface area contributed by atoms with E-state index in [1.807, 2.05) is 0 Å². The monoisotopic (exact) mass is 296 g/mol. The number of hydrogen-bond acceptors (Lipinski definition) is 4. The van der Waals surface area contributed by atoms with Crippen LogP contribution >= 0.6 is 0 Å². The molecule has 5 unspecified atom stereocenters. The molecule has 2 aliphatic rings. The Kier molecular flexibility index (Phi) is 5.53. The number of nitrogens with zero attached hydrogens (tertiary/aromatic N) is 2. The maximum atomic E-state index is 6.28. The van der Waals surface area contributed by atoms with Crippen LogP contribution in [0.3, 0.4) is 0 Å². The molecule has 1 heterocycles. The highest BCUT2D eigenvalue weighted by Gasteiger charge is 2.37. The topological polar surface area (TPSA) is 34.1 Å². The Balaban J connectivity index is 2.04. The van der Waals surface area contributed by atoms with Crippen molar-refractivity contribution in [2.45, 2.75) is 59.2 Å². The van der Waals surface area contributed by atoms with Crippen LogP contribution in [0.15, 0.2) is 5.16 Å². The summed E-state index contributed by atoms with van der Waals surface area (Å²) in [6.07, 6.45) is 3.75. The summed E-state index contributed by atoms with van der Waals surface area (Å²) in [5.41, 5.74) is 0. The van der Waals surface area contributed by atoms with Crippen LogP contribution in [0, 0.1) is 23.7 Å². The second-order valence-corrected chi connectivity index (χ2v) is 7.63. The lowest BCUT2D eigenvalue weighted by Gasteiger charge is -2.38. The van der Waals surface area contributed by atoms with Crippen LogP contribution < -0.4 is 0 Å². The molecule has 0 bridgehead atoms. The van der Waals surface area contributed by atoms with Gasteiger partial charge in [-0.25, -0.2) is 0 Å². The van der Waals surface area contributed by atoms with Gasteiger partial charge in [0.1, 0.15) is 0 Å². The SMILES string of the molecule is CC(C)C1ON=C(C2CCC(C)C(C)C2)OC1CN(C)C. The van der Waals surface area contributed by atoms with Crippen LogP contribution in [-0.4, -0.2) is 43.6 Å². The minimum atomic E-state index is 0.0519. The second kappa shape index (κ2) is 6.99. The van der Waals surface area contributed by atoms with Gasteiger partial charge in [0.15, 0.2) is 12.2 Å². The molecule has 0 spiro atoms. The summed E-state index contributed by atoms with van der Waals surface area (Å²) in [5, 5.41) is 4.35. The molecule has 1 fully saturated rings. The highest BCUT2D eigenvalue weighted by Crippen LogP contribution is 2.36. The Labute approximate surface area is 129 Å². The van der Waals surface area contributed by atoms with Crippen LogP contribution in [0.5, 0.6) is 0 Å². The molecular formula is C17H32N2O2. The summed E-state index contributed by atoms with van der Waals surface area (Å²) in [7, 11) is 4.16. The van der Waals surface area contributed by atoms with Crippen LogP contribution in [0.25, 0.3) is 0 Å². The molecule has 0 amide bonds. The van der Waals surface area contributed by atoms with Crippen molar-refractivity contribution < 1.29 is 9.57 Å². The molecule has 0 aromatic carbocycles. The molecule has 0 saturated heterocycles. The first-order chi connectivity index (χ1) is 9.88. The molecule has 4 heteroatoms. The summed E-state index contributed by atoms with van der Waals surface area (Å²) >= 11 is 0. The third-order valence-corrected chi connectivity index (χ3v) is 5.05. The van der Waals surface area contributed by atoms with Crippen molar-refractivity contribution in [1.29, 1.82) is 0 Å². The Hall–Kier alpha value is -0.770. The molecule has 0 aromatic rings. The van der Waals surface area contributed by atoms with Crippen molar-refractivity contribution in [2.24, 2.45) is 28.8 Å². The Morgan fingerprint density at radius 1 is 1.19 bits per heavy atom. The Morgan fingerprint density at radius 2 is 1.90 bits per heavy atom. The summed E-state index contributed by atoms with van der Waals surface area (Å²) < 4.78 is 6.28. The van der Waals surface area contributed by atoms with Crippen molar-refractivity contribution in [3.05, 3.63) is 0 Å². The first kappa shape index (κ1) is 16.6. The fourth-order valence-electron chi connectivity index (χ4n) is 3.42. The van der Waals surface area contributed by atoms with Crippen molar-refractivity contribution in [3.63, 3.8) is 0 Å². The van der Waals surface area contributed by atoms with Crippen molar-refractivity contribution in [2.75, 3.05) is 20.6 Å². The molecule has 0 radical (unpaired) electrons. The third-order valence-electron chi connectivity index (χ3n) is 5.05. The van der Waals surface area contributed by atoms with Crippen molar-refractivity contribution in [3.8, 4) is 0 Å². The van der Waals surface area contributed by atoms with E-state index in [2.05, 4.69) is 51.8 Å². The van der Waals surface area contributed by atoms with Gasteiger partial charge in [-0.3, -0.25) is 0 Å². The average molecular weight is 296 g/mol. The molecular weight excluding hydrogens is 264 g/mol. The number of likely N-dealkylation sites (N-methyl/N-ethyl adjacent to an activating group) is 1. The molecule has 0 N–H and O–H groups in total. The average Bonchev–Trinajstić information content (AvgIpc) is 2.40. The maximum Gasteiger partial charge on any atom is 0.229 e. The fourth-order valence-corrected chi connectivity index (χ4v) is 3.42. The Bertz CT molecular complexity index is 368. The van der Waals surface area contributed by atoms with Crippen molar-refractivity contribution in [1.82, 2.24) is 4.90 Å². The molecule has 1 aliphatic carbocycles. The summed E-state index contributed by atoms with van der Waals surface area (Å²) in [4.78, 5) is 7.98. The summed E-state index contributed by atoms with van der Waals surface area (Å²) in [5.74, 6) is 3.24. The first-order valence-electron chi connectivity index (χ1n) is 8.43. The third kappa shape index (κ3) is 4.12. The predicted molar refractivity (Wildman–Crippen MR) is 86.2 cm³/mol. The number of rotatable bonds is 4. The molecule has 5 atom stereocenters. The minimum Gasteiger partial charge on any atom is -0.470 e. The van der Waals surface area contributed by atoms with Crippen LogP contribution in [0.2, 0.25) is 0 Å². The first-order valence-corrected chi connectivity index (χ1v) is 8.43. The van der Waals surface area contributed by atoms with Gasteiger partial charge in [0.25, 0.3) is 0 Å². The zero-order valence-corrected chi connectivity index (χ0v) is 14.5. The molecule has 1 aliphatic heterocycles. The van der Waals surface area contributed by atoms with E-state index in [-0.39, 0.29) is 12.2 Å². The standard InChI is InChI=1S/C17H32N2O2/c1-11(2)16-15(10-19(5)6)20-17(18-21-16)14-8-7-12(3)13(4)9-14/h11-16H,7-10H2,1-6H3. The zero-order valence-electron chi connectivity index (χ0n) is 14.5. The molecule has 1 saturated carbocycles. The summed E-state index contributed by atoms with van der Waals surface area (Å²) in [6, 6.07) is 0. The van der Waals surface area contributed by atoms with E-state index in [1.54, 1.807) is 0 Å². The van der Waals surface area contributed by atoms with Crippen molar-refractivity contribution >= 4 is 5.90 Å². The maximum absolute atomic E-state index is 6.28. The van der Waals surface area contributed by atoms with Crippen LogP contribution in [0.4, 0.5) is 0 Å². The van der Waals surface area contributed by atoms with Gasteiger partial charge in [-0.1, -0.05) is 32.9 Å². The minimum absolute atomic E-state index is 0.0519. The van der Waals surface area contributed by atoms with Gasteiger partial charge in [0.05, 0.1) is 0 Å². The van der Waals surface area contributed by atoms with Gasteiger partial charge < -0.3 is 14.5 Å². The van der Waals surface area contributed by atoms with E-state index in [4.69, 9.17) is 9.57 Å². The zero-order chi connectivity index (χ0) is 15.6. The number of oxime groups is 1. The van der Waals surface area contributed by atoms with Crippen LogP contribution in [-0.2, 0) is 9.57 Å². The van der Waals surface area contributed by atoms with Crippen LogP contribution in [0.1, 0.15) is 47.0 Å². The van der Waals surface area contributed by atoms with Gasteiger partial charge in [-0.15, -0.1) is 0 Å². The predicted octanol–water partition coefficient (Wildman–Crippen LogP) is 3.37. The lowest BCUT2D eigenvalue weighted by molar-refractivity contribution is -0.0938. The van der Waals surface area contributed by atoms with E-state index in [0.29, 0.717) is 11.8 Å². The molecule has 122 valence electrons. The van der Waals surface area contributed by atoms with Gasteiger partial charge in [0.2, 0.25) is 5.90 Å². The van der Waals surface area contributed by atoms with E-state index >= 15 is 0 Å². The highest BCUT2D eigenvalue weighted by molar-refractivity contribution is 5.79. The molecule has 2 rings (SSSR count). The summed E-state index contributed by atoms with van der Waals surface area (Å²) in [6.45, 7) is 9.91. The van der Waals surface area contributed by atoms with Gasteiger partial charge in [0, 0.05) is 12.5 Å². The van der Waals surface area contributed by atoms with E-state index in [9.17, 15) is 0 Å². The largest absolute Gasteiger partial charge is 0.470 e.